The van der Waals surface area contributed by atoms with Gasteiger partial charge >= 0.3 is 4.87 Å². The Morgan fingerprint density at radius 2 is 2.50 bits per heavy atom. The SMILES string of the molecule is O=c1sccn1CCC1CCCCN1. The summed E-state index contributed by atoms with van der Waals surface area (Å²) in [6, 6.07) is 0.621. The van der Waals surface area contributed by atoms with Crippen molar-refractivity contribution in [3.05, 3.63) is 21.2 Å². The van der Waals surface area contributed by atoms with Crippen LogP contribution in [-0.2, 0) is 6.54 Å². The minimum atomic E-state index is 0.167. The number of aromatic nitrogens is 1. The number of piperidine rings is 1. The molecule has 0 saturated carbocycles. The van der Waals surface area contributed by atoms with E-state index < -0.39 is 0 Å². The first kappa shape index (κ1) is 9.93. The molecule has 1 fully saturated rings. The van der Waals surface area contributed by atoms with Gasteiger partial charge in [-0.3, -0.25) is 4.79 Å². The molecule has 14 heavy (non-hydrogen) atoms. The van der Waals surface area contributed by atoms with Gasteiger partial charge in [-0.2, -0.15) is 0 Å². The second-order valence-electron chi connectivity index (χ2n) is 3.80. The van der Waals surface area contributed by atoms with E-state index in [1.807, 2.05) is 11.6 Å². The highest BCUT2D eigenvalue weighted by atomic mass is 32.1. The molecule has 0 spiro atoms. The van der Waals surface area contributed by atoms with Gasteiger partial charge in [-0.1, -0.05) is 17.8 Å². The summed E-state index contributed by atoms with van der Waals surface area (Å²) in [5, 5.41) is 5.35. The molecule has 78 valence electrons. The third-order valence-corrected chi connectivity index (χ3v) is 3.47. The minimum absolute atomic E-state index is 0.167. The molecule has 1 aromatic rings. The van der Waals surface area contributed by atoms with Crippen molar-refractivity contribution in [2.45, 2.75) is 38.3 Å². The standard InChI is InChI=1S/C10H16N2OS/c13-10-12(7-8-14-10)6-4-9-3-1-2-5-11-9/h7-9,11H,1-6H2. The predicted octanol–water partition coefficient (Wildman–Crippen LogP) is 1.44. The van der Waals surface area contributed by atoms with Gasteiger partial charge in [0.25, 0.3) is 0 Å². The summed E-state index contributed by atoms with van der Waals surface area (Å²) in [7, 11) is 0. The van der Waals surface area contributed by atoms with Crippen molar-refractivity contribution >= 4 is 11.3 Å². The van der Waals surface area contributed by atoms with E-state index in [0.29, 0.717) is 6.04 Å². The lowest BCUT2D eigenvalue weighted by Gasteiger charge is -2.23. The molecule has 0 radical (unpaired) electrons. The van der Waals surface area contributed by atoms with Gasteiger partial charge in [0.2, 0.25) is 0 Å². The average Bonchev–Trinajstić information content (AvgIpc) is 2.63. The Kier molecular flexibility index (Phi) is 3.37. The highest BCUT2D eigenvalue weighted by molar-refractivity contribution is 7.07. The molecule has 1 saturated heterocycles. The number of rotatable bonds is 3. The molecule has 4 heteroatoms. The summed E-state index contributed by atoms with van der Waals surface area (Å²) in [6.45, 7) is 2.00. The third-order valence-electron chi connectivity index (χ3n) is 2.78. The second kappa shape index (κ2) is 4.75. The van der Waals surface area contributed by atoms with Crippen LogP contribution >= 0.6 is 11.3 Å². The zero-order chi connectivity index (χ0) is 9.80. The lowest BCUT2D eigenvalue weighted by Crippen LogP contribution is -2.35. The quantitative estimate of drug-likeness (QED) is 0.822. The maximum Gasteiger partial charge on any atom is 0.307 e. The van der Waals surface area contributed by atoms with Crippen molar-refractivity contribution in [1.82, 2.24) is 9.88 Å². The van der Waals surface area contributed by atoms with Crippen molar-refractivity contribution in [1.29, 1.82) is 0 Å². The van der Waals surface area contributed by atoms with Crippen LogP contribution in [0.2, 0.25) is 0 Å². The number of nitrogens with one attached hydrogen (secondary N) is 1. The Morgan fingerprint density at radius 1 is 1.57 bits per heavy atom. The molecule has 0 aliphatic carbocycles. The molecular weight excluding hydrogens is 196 g/mol. The number of aryl methyl sites for hydroxylation is 1. The molecule has 2 heterocycles. The second-order valence-corrected chi connectivity index (χ2v) is 4.65. The van der Waals surface area contributed by atoms with Crippen molar-refractivity contribution in [3.63, 3.8) is 0 Å². The summed E-state index contributed by atoms with van der Waals surface area (Å²) in [5.41, 5.74) is 0. The van der Waals surface area contributed by atoms with Crippen LogP contribution in [0.5, 0.6) is 0 Å². The molecule has 1 aliphatic rings. The Hall–Kier alpha value is -0.610. The van der Waals surface area contributed by atoms with E-state index in [2.05, 4.69) is 5.32 Å². The van der Waals surface area contributed by atoms with Crippen LogP contribution in [0, 0.1) is 0 Å². The molecule has 0 aromatic carbocycles. The zero-order valence-corrected chi connectivity index (χ0v) is 9.05. The van der Waals surface area contributed by atoms with Crippen molar-refractivity contribution in [2.75, 3.05) is 6.54 Å². The van der Waals surface area contributed by atoms with Gasteiger partial charge in [-0.15, -0.1) is 0 Å². The van der Waals surface area contributed by atoms with Crippen molar-refractivity contribution in [3.8, 4) is 0 Å². The van der Waals surface area contributed by atoms with Crippen LogP contribution < -0.4 is 10.2 Å². The van der Waals surface area contributed by atoms with Gasteiger partial charge < -0.3 is 9.88 Å². The third kappa shape index (κ3) is 2.45. The Morgan fingerprint density at radius 3 is 3.14 bits per heavy atom. The van der Waals surface area contributed by atoms with E-state index in [1.54, 1.807) is 4.57 Å². The molecule has 0 amide bonds. The molecule has 0 bridgehead atoms. The first-order chi connectivity index (χ1) is 6.86. The number of thiazole rings is 1. The summed E-state index contributed by atoms with van der Waals surface area (Å²) >= 11 is 1.28. The number of hydrogen-bond acceptors (Lipinski definition) is 3. The fourth-order valence-corrected chi connectivity index (χ4v) is 2.53. The van der Waals surface area contributed by atoms with Crippen LogP contribution in [0.1, 0.15) is 25.7 Å². The summed E-state index contributed by atoms with van der Waals surface area (Å²) in [4.78, 5) is 11.4. The number of hydrogen-bond donors (Lipinski definition) is 1. The smallest absolute Gasteiger partial charge is 0.307 e. The van der Waals surface area contributed by atoms with Crippen LogP contribution in [0.4, 0.5) is 0 Å². The van der Waals surface area contributed by atoms with E-state index in [-0.39, 0.29) is 4.87 Å². The number of nitrogens with zero attached hydrogens (tertiary/aromatic N) is 1. The molecule has 1 aromatic heterocycles. The van der Waals surface area contributed by atoms with Gasteiger partial charge in [-0.25, -0.2) is 0 Å². The largest absolute Gasteiger partial charge is 0.314 e. The van der Waals surface area contributed by atoms with Crippen molar-refractivity contribution < 1.29 is 0 Å². The van der Waals surface area contributed by atoms with Gasteiger partial charge in [0.05, 0.1) is 0 Å². The van der Waals surface area contributed by atoms with E-state index >= 15 is 0 Å². The zero-order valence-electron chi connectivity index (χ0n) is 8.24. The van der Waals surface area contributed by atoms with Gasteiger partial charge in [0.15, 0.2) is 0 Å². The van der Waals surface area contributed by atoms with Crippen LogP contribution in [0.25, 0.3) is 0 Å². The van der Waals surface area contributed by atoms with Gasteiger partial charge in [0, 0.05) is 24.2 Å². The monoisotopic (exact) mass is 212 g/mol. The average molecular weight is 212 g/mol. The normalized spacial score (nSPS) is 22.4. The molecule has 1 N–H and O–H groups in total. The fourth-order valence-electron chi connectivity index (χ4n) is 1.92. The van der Waals surface area contributed by atoms with E-state index in [1.165, 1.54) is 30.6 Å². The molecular formula is C10H16N2OS. The summed E-state index contributed by atoms with van der Waals surface area (Å²) < 4.78 is 1.81. The molecule has 1 unspecified atom stereocenters. The summed E-state index contributed by atoms with van der Waals surface area (Å²) in [6.07, 6.45) is 6.86. The maximum absolute atomic E-state index is 11.3. The lowest BCUT2D eigenvalue weighted by atomic mass is 10.0. The van der Waals surface area contributed by atoms with Crippen LogP contribution in [-0.4, -0.2) is 17.2 Å². The summed E-state index contributed by atoms with van der Waals surface area (Å²) in [5.74, 6) is 0. The highest BCUT2D eigenvalue weighted by Gasteiger charge is 2.12. The van der Waals surface area contributed by atoms with Gasteiger partial charge in [-0.05, 0) is 25.8 Å². The Balaban J connectivity index is 1.82. The van der Waals surface area contributed by atoms with E-state index in [9.17, 15) is 4.79 Å². The fraction of sp³-hybridized carbons (Fsp3) is 0.700. The first-order valence-corrected chi connectivity index (χ1v) is 6.11. The molecule has 2 rings (SSSR count). The Bertz CT molecular complexity index is 325. The maximum atomic E-state index is 11.3. The predicted molar refractivity (Wildman–Crippen MR) is 58.8 cm³/mol. The lowest BCUT2D eigenvalue weighted by molar-refractivity contribution is 0.366. The first-order valence-electron chi connectivity index (χ1n) is 5.23. The molecule has 1 aliphatic heterocycles. The molecule has 1 atom stereocenters. The van der Waals surface area contributed by atoms with Gasteiger partial charge in [0.1, 0.15) is 0 Å². The topological polar surface area (TPSA) is 34.0 Å². The minimum Gasteiger partial charge on any atom is -0.314 e. The van der Waals surface area contributed by atoms with E-state index in [4.69, 9.17) is 0 Å². The molecule has 3 nitrogen and oxygen atoms in total. The Labute approximate surface area is 87.8 Å². The van der Waals surface area contributed by atoms with E-state index in [0.717, 1.165) is 19.5 Å². The van der Waals surface area contributed by atoms with Crippen LogP contribution in [0.3, 0.4) is 0 Å². The highest BCUT2D eigenvalue weighted by Crippen LogP contribution is 2.10. The van der Waals surface area contributed by atoms with Crippen LogP contribution in [0.15, 0.2) is 16.4 Å². The van der Waals surface area contributed by atoms with Crippen molar-refractivity contribution in [2.24, 2.45) is 0 Å².